The Morgan fingerprint density at radius 3 is 2.92 bits per heavy atom. The molecule has 0 atom stereocenters. The van der Waals surface area contributed by atoms with Gasteiger partial charge in [0.15, 0.2) is 0 Å². The molecule has 0 unspecified atom stereocenters. The van der Waals surface area contributed by atoms with Crippen molar-refractivity contribution >= 4 is 16.8 Å². The Bertz CT molecular complexity index is 934. The minimum Gasteiger partial charge on any atom is -0.478 e. The van der Waals surface area contributed by atoms with Gasteiger partial charge in [0.2, 0.25) is 11.4 Å². The average molecular weight is 323 g/mol. The van der Waals surface area contributed by atoms with Gasteiger partial charge in [0.05, 0.1) is 12.2 Å². The molecule has 0 aliphatic rings. The number of amides is 1. The predicted molar refractivity (Wildman–Crippen MR) is 91.1 cm³/mol. The number of pyridine rings is 2. The molecule has 0 saturated carbocycles. The van der Waals surface area contributed by atoms with E-state index in [-0.39, 0.29) is 18.0 Å². The number of nitrogens with zero attached hydrogens (tertiary/aromatic N) is 1. The highest BCUT2D eigenvalue weighted by Gasteiger charge is 2.12. The van der Waals surface area contributed by atoms with Crippen LogP contribution in [0.3, 0.4) is 0 Å². The molecule has 122 valence electrons. The molecule has 3 rings (SSSR count). The summed E-state index contributed by atoms with van der Waals surface area (Å²) in [5, 5.41) is 3.52. The van der Waals surface area contributed by atoms with E-state index in [4.69, 9.17) is 4.74 Å². The van der Waals surface area contributed by atoms with Gasteiger partial charge in [-0.15, -0.1) is 0 Å². The number of aromatic amines is 1. The lowest BCUT2D eigenvalue weighted by Crippen LogP contribution is -2.25. The fourth-order valence-electron chi connectivity index (χ4n) is 2.49. The van der Waals surface area contributed by atoms with E-state index in [1.807, 2.05) is 25.1 Å². The van der Waals surface area contributed by atoms with Gasteiger partial charge in [0.1, 0.15) is 0 Å². The van der Waals surface area contributed by atoms with Crippen molar-refractivity contribution in [1.82, 2.24) is 15.3 Å². The van der Waals surface area contributed by atoms with Crippen molar-refractivity contribution in [2.24, 2.45) is 0 Å². The largest absolute Gasteiger partial charge is 0.478 e. The number of hydrogen-bond donors (Lipinski definition) is 2. The molecule has 0 bridgehead atoms. The van der Waals surface area contributed by atoms with Crippen LogP contribution in [0.15, 0.2) is 53.5 Å². The van der Waals surface area contributed by atoms with Gasteiger partial charge in [-0.25, -0.2) is 4.98 Å². The number of rotatable bonds is 5. The van der Waals surface area contributed by atoms with Gasteiger partial charge in [0, 0.05) is 35.3 Å². The number of para-hydroxylation sites is 1. The lowest BCUT2D eigenvalue weighted by molar-refractivity contribution is 0.0952. The van der Waals surface area contributed by atoms with Crippen LogP contribution in [-0.2, 0) is 6.54 Å². The zero-order chi connectivity index (χ0) is 16.9. The smallest absolute Gasteiger partial charge is 0.252 e. The van der Waals surface area contributed by atoms with Crippen LogP contribution in [-0.4, -0.2) is 22.5 Å². The van der Waals surface area contributed by atoms with Crippen LogP contribution in [0.25, 0.3) is 10.9 Å². The number of carbonyl (C=O) groups is 1. The second-order valence-corrected chi connectivity index (χ2v) is 5.18. The summed E-state index contributed by atoms with van der Waals surface area (Å²) in [6.07, 6.45) is 1.64. The summed E-state index contributed by atoms with van der Waals surface area (Å²) in [6, 6.07) is 12.1. The quantitative estimate of drug-likeness (QED) is 0.754. The van der Waals surface area contributed by atoms with E-state index in [9.17, 15) is 9.59 Å². The molecule has 1 amide bonds. The first kappa shape index (κ1) is 15.7. The molecule has 6 heteroatoms. The number of fused-ring (bicyclic) bond motifs is 1. The van der Waals surface area contributed by atoms with E-state index < -0.39 is 0 Å². The molecule has 3 aromatic rings. The van der Waals surface area contributed by atoms with Crippen molar-refractivity contribution in [3.8, 4) is 5.88 Å². The van der Waals surface area contributed by atoms with E-state index >= 15 is 0 Å². The van der Waals surface area contributed by atoms with Gasteiger partial charge in [-0.05, 0) is 19.1 Å². The van der Waals surface area contributed by atoms with Crippen LogP contribution >= 0.6 is 0 Å². The lowest BCUT2D eigenvalue weighted by atomic mass is 10.1. The fraction of sp³-hybridized carbons (Fsp3) is 0.167. The summed E-state index contributed by atoms with van der Waals surface area (Å²) in [5.41, 5.74) is 1.44. The highest BCUT2D eigenvalue weighted by atomic mass is 16.5. The Morgan fingerprint density at radius 1 is 1.25 bits per heavy atom. The normalized spacial score (nSPS) is 10.5. The Kier molecular flexibility index (Phi) is 4.56. The second-order valence-electron chi connectivity index (χ2n) is 5.18. The monoisotopic (exact) mass is 323 g/mol. The third-order valence-electron chi connectivity index (χ3n) is 3.57. The molecule has 0 aliphatic carbocycles. The molecule has 0 spiro atoms. The van der Waals surface area contributed by atoms with Gasteiger partial charge in [-0.1, -0.05) is 24.3 Å². The van der Waals surface area contributed by atoms with Gasteiger partial charge in [0.25, 0.3) is 5.91 Å². The molecule has 0 aliphatic heterocycles. The summed E-state index contributed by atoms with van der Waals surface area (Å²) < 4.78 is 5.45. The third kappa shape index (κ3) is 3.27. The molecule has 1 aromatic carbocycles. The Balaban J connectivity index is 1.85. The van der Waals surface area contributed by atoms with E-state index in [1.165, 1.54) is 6.07 Å². The minimum atomic E-state index is -0.316. The Morgan fingerprint density at radius 2 is 2.08 bits per heavy atom. The molecule has 2 heterocycles. The van der Waals surface area contributed by atoms with Crippen molar-refractivity contribution in [2.45, 2.75) is 13.5 Å². The Labute approximate surface area is 138 Å². The van der Waals surface area contributed by atoms with E-state index in [0.717, 1.165) is 5.56 Å². The number of carbonyl (C=O) groups excluding carboxylic acids is 1. The van der Waals surface area contributed by atoms with Crippen molar-refractivity contribution in [1.29, 1.82) is 0 Å². The number of nitrogens with one attached hydrogen (secondary N) is 2. The van der Waals surface area contributed by atoms with Crippen LogP contribution in [0, 0.1) is 0 Å². The van der Waals surface area contributed by atoms with Crippen molar-refractivity contribution in [2.75, 3.05) is 6.61 Å². The second kappa shape index (κ2) is 6.95. The summed E-state index contributed by atoms with van der Waals surface area (Å²) in [5.74, 6) is 0.180. The van der Waals surface area contributed by atoms with Gasteiger partial charge < -0.3 is 15.0 Å². The molecule has 24 heavy (non-hydrogen) atoms. The molecule has 6 nitrogen and oxygen atoms in total. The van der Waals surface area contributed by atoms with Crippen molar-refractivity contribution < 1.29 is 9.53 Å². The first-order valence-electron chi connectivity index (χ1n) is 7.66. The summed E-state index contributed by atoms with van der Waals surface area (Å²) in [6.45, 7) is 2.64. The fourth-order valence-corrected chi connectivity index (χ4v) is 2.49. The first-order chi connectivity index (χ1) is 11.7. The maximum atomic E-state index is 12.5. The molecule has 2 N–H and O–H groups in total. The molecule has 0 fully saturated rings. The molecular weight excluding hydrogens is 306 g/mol. The van der Waals surface area contributed by atoms with Crippen molar-refractivity contribution in [3.63, 3.8) is 0 Å². The maximum Gasteiger partial charge on any atom is 0.252 e. The maximum absolute atomic E-state index is 12.5. The first-order valence-corrected chi connectivity index (χ1v) is 7.66. The number of aromatic nitrogens is 2. The minimum absolute atomic E-state index is 0.267. The van der Waals surface area contributed by atoms with Crippen molar-refractivity contribution in [3.05, 3.63) is 70.1 Å². The molecular formula is C18H17N3O3. The number of ether oxygens (including phenoxy) is 1. The summed E-state index contributed by atoms with van der Waals surface area (Å²) in [4.78, 5) is 31.2. The SMILES string of the molecule is CCOc1ncccc1CNC(=O)c1cc(=O)[nH]c2ccccc12. The number of benzene rings is 1. The molecule has 0 radical (unpaired) electrons. The Hall–Kier alpha value is -3.15. The van der Waals surface area contributed by atoms with Gasteiger partial charge >= 0.3 is 0 Å². The van der Waals surface area contributed by atoms with Crippen LogP contribution in [0.5, 0.6) is 5.88 Å². The lowest BCUT2D eigenvalue weighted by Gasteiger charge is -2.10. The van der Waals surface area contributed by atoms with E-state index in [2.05, 4.69) is 15.3 Å². The highest BCUT2D eigenvalue weighted by Crippen LogP contribution is 2.16. The number of hydrogen-bond acceptors (Lipinski definition) is 4. The van der Waals surface area contributed by atoms with Gasteiger partial charge in [-0.3, -0.25) is 9.59 Å². The summed E-state index contributed by atoms with van der Waals surface area (Å²) >= 11 is 0. The number of H-pyrrole nitrogens is 1. The van der Waals surface area contributed by atoms with Crippen LogP contribution < -0.4 is 15.6 Å². The summed E-state index contributed by atoms with van der Waals surface area (Å²) in [7, 11) is 0. The van der Waals surface area contributed by atoms with E-state index in [0.29, 0.717) is 29.0 Å². The molecule has 2 aromatic heterocycles. The predicted octanol–water partition coefficient (Wildman–Crippen LogP) is 2.25. The van der Waals surface area contributed by atoms with Gasteiger partial charge in [-0.2, -0.15) is 0 Å². The average Bonchev–Trinajstić information content (AvgIpc) is 2.60. The van der Waals surface area contributed by atoms with E-state index in [1.54, 1.807) is 24.4 Å². The standard InChI is InChI=1S/C18H17N3O3/c1-2-24-18-12(6-5-9-19-18)11-20-17(23)14-10-16(22)21-15-8-4-3-7-13(14)15/h3-10H,2,11H2,1H3,(H,20,23)(H,21,22). The topological polar surface area (TPSA) is 84.1 Å². The third-order valence-corrected chi connectivity index (χ3v) is 3.57. The van der Waals surface area contributed by atoms with Crippen LogP contribution in [0.2, 0.25) is 0 Å². The highest BCUT2D eigenvalue weighted by molar-refractivity contribution is 6.05. The molecule has 0 saturated heterocycles. The zero-order valence-electron chi connectivity index (χ0n) is 13.2. The van der Waals surface area contributed by atoms with Crippen LogP contribution in [0.4, 0.5) is 0 Å². The van der Waals surface area contributed by atoms with Crippen LogP contribution in [0.1, 0.15) is 22.8 Å². The zero-order valence-corrected chi connectivity index (χ0v) is 13.2.